The zero-order valence-corrected chi connectivity index (χ0v) is 11.7. The molecule has 0 heterocycles. The molecule has 0 saturated heterocycles. The molecular formula is C15H14ClF2NO. The standard InChI is InChI=1S/C15H14ClF2NO/c1-2-19-9-10-4-3-5-13(17)15(10)20-11-6-7-12(16)14(18)8-11/h3-8,19H,2,9H2,1H3. The number of benzene rings is 2. The average molecular weight is 298 g/mol. The number of nitrogens with one attached hydrogen (secondary N) is 1. The van der Waals surface area contributed by atoms with E-state index in [-0.39, 0.29) is 16.5 Å². The van der Waals surface area contributed by atoms with Crippen LogP contribution in [0.5, 0.6) is 11.5 Å². The quantitative estimate of drug-likeness (QED) is 0.876. The Morgan fingerprint density at radius 1 is 1.15 bits per heavy atom. The van der Waals surface area contributed by atoms with Crippen molar-refractivity contribution in [1.82, 2.24) is 5.32 Å². The van der Waals surface area contributed by atoms with Crippen LogP contribution in [0.2, 0.25) is 5.02 Å². The second-order valence-corrected chi connectivity index (χ2v) is 4.59. The van der Waals surface area contributed by atoms with Gasteiger partial charge in [0.25, 0.3) is 0 Å². The molecule has 2 aromatic carbocycles. The van der Waals surface area contributed by atoms with E-state index in [9.17, 15) is 8.78 Å². The highest BCUT2D eigenvalue weighted by Gasteiger charge is 2.11. The van der Waals surface area contributed by atoms with Crippen LogP contribution in [0.3, 0.4) is 0 Å². The smallest absolute Gasteiger partial charge is 0.167 e. The van der Waals surface area contributed by atoms with Crippen LogP contribution in [0.4, 0.5) is 8.78 Å². The third-order valence-corrected chi connectivity index (χ3v) is 3.03. The highest BCUT2D eigenvalue weighted by Crippen LogP contribution is 2.30. The lowest BCUT2D eigenvalue weighted by Crippen LogP contribution is -2.12. The summed E-state index contributed by atoms with van der Waals surface area (Å²) in [7, 11) is 0. The zero-order valence-electron chi connectivity index (χ0n) is 10.9. The lowest BCUT2D eigenvalue weighted by Gasteiger charge is -2.12. The normalized spacial score (nSPS) is 10.6. The first-order valence-electron chi connectivity index (χ1n) is 6.23. The largest absolute Gasteiger partial charge is 0.454 e. The molecule has 0 aliphatic heterocycles. The molecule has 0 aliphatic rings. The van der Waals surface area contributed by atoms with E-state index < -0.39 is 11.6 Å². The van der Waals surface area contributed by atoms with Gasteiger partial charge in [0, 0.05) is 18.2 Å². The van der Waals surface area contributed by atoms with E-state index in [0.29, 0.717) is 12.1 Å². The molecule has 0 aromatic heterocycles. The van der Waals surface area contributed by atoms with E-state index in [0.717, 1.165) is 12.6 Å². The van der Waals surface area contributed by atoms with Crippen molar-refractivity contribution < 1.29 is 13.5 Å². The monoisotopic (exact) mass is 297 g/mol. The van der Waals surface area contributed by atoms with Gasteiger partial charge in [-0.1, -0.05) is 30.7 Å². The van der Waals surface area contributed by atoms with Gasteiger partial charge in [0.15, 0.2) is 11.6 Å². The van der Waals surface area contributed by atoms with Gasteiger partial charge in [0.05, 0.1) is 5.02 Å². The highest BCUT2D eigenvalue weighted by molar-refractivity contribution is 6.30. The maximum Gasteiger partial charge on any atom is 0.167 e. The second-order valence-electron chi connectivity index (χ2n) is 4.19. The summed E-state index contributed by atoms with van der Waals surface area (Å²) >= 11 is 5.60. The van der Waals surface area contributed by atoms with Gasteiger partial charge in [-0.2, -0.15) is 0 Å². The van der Waals surface area contributed by atoms with Crippen LogP contribution in [-0.4, -0.2) is 6.54 Å². The summed E-state index contributed by atoms with van der Waals surface area (Å²) in [6.07, 6.45) is 0. The van der Waals surface area contributed by atoms with Gasteiger partial charge in [-0.3, -0.25) is 0 Å². The van der Waals surface area contributed by atoms with Crippen LogP contribution in [0.15, 0.2) is 36.4 Å². The van der Waals surface area contributed by atoms with Crippen LogP contribution < -0.4 is 10.1 Å². The molecule has 1 N–H and O–H groups in total. The van der Waals surface area contributed by atoms with E-state index in [1.165, 1.54) is 18.2 Å². The van der Waals surface area contributed by atoms with Gasteiger partial charge in [-0.05, 0) is 24.7 Å². The molecule has 0 aliphatic carbocycles. The van der Waals surface area contributed by atoms with Crippen LogP contribution in [0, 0.1) is 11.6 Å². The first kappa shape index (κ1) is 14.8. The van der Waals surface area contributed by atoms with E-state index in [1.807, 2.05) is 6.92 Å². The fourth-order valence-electron chi connectivity index (χ4n) is 1.72. The number of ether oxygens (including phenoxy) is 1. The van der Waals surface area contributed by atoms with Gasteiger partial charge < -0.3 is 10.1 Å². The lowest BCUT2D eigenvalue weighted by atomic mass is 10.2. The Kier molecular flexibility index (Phi) is 4.93. The summed E-state index contributed by atoms with van der Waals surface area (Å²) in [5.74, 6) is -0.797. The van der Waals surface area contributed by atoms with Crippen molar-refractivity contribution >= 4 is 11.6 Å². The Hall–Kier alpha value is -1.65. The SMILES string of the molecule is CCNCc1cccc(F)c1Oc1ccc(Cl)c(F)c1. The molecule has 0 radical (unpaired) electrons. The Morgan fingerprint density at radius 3 is 2.65 bits per heavy atom. The lowest BCUT2D eigenvalue weighted by molar-refractivity contribution is 0.431. The third kappa shape index (κ3) is 3.46. The highest BCUT2D eigenvalue weighted by atomic mass is 35.5. The number of rotatable bonds is 5. The summed E-state index contributed by atoms with van der Waals surface area (Å²) in [6, 6.07) is 8.67. The van der Waals surface area contributed by atoms with Crippen molar-refractivity contribution in [3.63, 3.8) is 0 Å². The van der Waals surface area contributed by atoms with Gasteiger partial charge >= 0.3 is 0 Å². The van der Waals surface area contributed by atoms with Crippen molar-refractivity contribution in [3.05, 3.63) is 58.6 Å². The first-order valence-corrected chi connectivity index (χ1v) is 6.60. The predicted octanol–water partition coefficient (Wildman–Crippen LogP) is 4.52. The number of halogens is 3. The molecule has 0 fully saturated rings. The van der Waals surface area contributed by atoms with Crippen LogP contribution in [-0.2, 0) is 6.54 Å². The summed E-state index contributed by atoms with van der Waals surface area (Å²) in [6.45, 7) is 3.18. The third-order valence-electron chi connectivity index (χ3n) is 2.72. The van der Waals surface area contributed by atoms with Gasteiger partial charge in [-0.25, -0.2) is 8.78 Å². The van der Waals surface area contributed by atoms with Crippen molar-refractivity contribution in [1.29, 1.82) is 0 Å². The maximum absolute atomic E-state index is 13.9. The summed E-state index contributed by atoms with van der Waals surface area (Å²) < 4.78 is 32.7. The Morgan fingerprint density at radius 2 is 1.95 bits per heavy atom. The Balaban J connectivity index is 2.29. The van der Waals surface area contributed by atoms with Crippen molar-refractivity contribution in [2.24, 2.45) is 0 Å². The van der Waals surface area contributed by atoms with Gasteiger partial charge in [-0.15, -0.1) is 0 Å². The van der Waals surface area contributed by atoms with Gasteiger partial charge in [0.2, 0.25) is 0 Å². The van der Waals surface area contributed by atoms with E-state index in [4.69, 9.17) is 16.3 Å². The van der Waals surface area contributed by atoms with Crippen molar-refractivity contribution in [2.75, 3.05) is 6.54 Å². The minimum atomic E-state index is -0.603. The average Bonchev–Trinajstić information content (AvgIpc) is 2.43. The molecule has 106 valence electrons. The van der Waals surface area contributed by atoms with Crippen LogP contribution >= 0.6 is 11.6 Å². The molecule has 0 unspecified atom stereocenters. The fourth-order valence-corrected chi connectivity index (χ4v) is 1.84. The van der Waals surface area contributed by atoms with Gasteiger partial charge in [0.1, 0.15) is 11.6 Å². The molecule has 0 spiro atoms. The Bertz CT molecular complexity index is 604. The summed E-state index contributed by atoms with van der Waals surface area (Å²) in [4.78, 5) is 0. The van der Waals surface area contributed by atoms with Crippen molar-refractivity contribution in [2.45, 2.75) is 13.5 Å². The second kappa shape index (κ2) is 6.68. The van der Waals surface area contributed by atoms with E-state index in [2.05, 4.69) is 5.32 Å². The van der Waals surface area contributed by atoms with Crippen LogP contribution in [0.1, 0.15) is 12.5 Å². The molecule has 0 bridgehead atoms. The van der Waals surface area contributed by atoms with Crippen LogP contribution in [0.25, 0.3) is 0 Å². The fraction of sp³-hybridized carbons (Fsp3) is 0.200. The maximum atomic E-state index is 13.9. The first-order chi connectivity index (χ1) is 9.61. The molecule has 0 saturated carbocycles. The predicted molar refractivity (Wildman–Crippen MR) is 75.3 cm³/mol. The summed E-state index contributed by atoms with van der Waals surface area (Å²) in [5, 5.41) is 3.10. The van der Waals surface area contributed by atoms with Crippen molar-refractivity contribution in [3.8, 4) is 11.5 Å². The number of hydrogen-bond acceptors (Lipinski definition) is 2. The summed E-state index contributed by atoms with van der Waals surface area (Å²) in [5.41, 5.74) is 0.669. The molecule has 0 amide bonds. The molecule has 5 heteroatoms. The number of para-hydroxylation sites is 1. The minimum absolute atomic E-state index is 0.00115. The van der Waals surface area contributed by atoms with E-state index >= 15 is 0 Å². The zero-order chi connectivity index (χ0) is 14.5. The topological polar surface area (TPSA) is 21.3 Å². The minimum Gasteiger partial charge on any atom is -0.454 e. The number of hydrogen-bond donors (Lipinski definition) is 1. The molecular weight excluding hydrogens is 284 g/mol. The molecule has 2 rings (SSSR count). The molecule has 0 atom stereocenters. The molecule has 2 nitrogen and oxygen atoms in total. The molecule has 2 aromatic rings. The Labute approximate surface area is 121 Å². The van der Waals surface area contributed by atoms with E-state index in [1.54, 1.807) is 12.1 Å². The molecule has 20 heavy (non-hydrogen) atoms.